The SMILES string of the molecule is C[C@H]1CN(Cc2ccccc2Cl)C[C@H](C)O1. The van der Waals surface area contributed by atoms with Gasteiger partial charge < -0.3 is 4.74 Å². The van der Waals surface area contributed by atoms with Crippen LogP contribution in [0.2, 0.25) is 5.02 Å². The molecule has 0 aromatic heterocycles. The van der Waals surface area contributed by atoms with Crippen molar-refractivity contribution in [3.05, 3.63) is 34.9 Å². The molecular weight excluding hydrogens is 222 g/mol. The second-order valence-electron chi connectivity index (χ2n) is 4.54. The number of halogens is 1. The van der Waals surface area contributed by atoms with Gasteiger partial charge in [0.25, 0.3) is 0 Å². The Labute approximate surface area is 102 Å². The monoisotopic (exact) mass is 239 g/mol. The first-order valence-electron chi connectivity index (χ1n) is 5.76. The van der Waals surface area contributed by atoms with Crippen LogP contribution >= 0.6 is 11.6 Å². The molecule has 2 atom stereocenters. The Morgan fingerprint density at radius 1 is 1.25 bits per heavy atom. The summed E-state index contributed by atoms with van der Waals surface area (Å²) >= 11 is 6.16. The highest BCUT2D eigenvalue weighted by Gasteiger charge is 2.22. The van der Waals surface area contributed by atoms with E-state index in [0.29, 0.717) is 12.2 Å². The minimum Gasteiger partial charge on any atom is -0.373 e. The fourth-order valence-electron chi connectivity index (χ4n) is 2.28. The van der Waals surface area contributed by atoms with Crippen LogP contribution in [0.4, 0.5) is 0 Å². The van der Waals surface area contributed by atoms with E-state index in [1.54, 1.807) is 0 Å². The zero-order chi connectivity index (χ0) is 11.5. The third-order valence-electron chi connectivity index (χ3n) is 2.85. The lowest BCUT2D eigenvalue weighted by atomic mass is 10.1. The van der Waals surface area contributed by atoms with Gasteiger partial charge in [-0.05, 0) is 25.5 Å². The molecule has 0 bridgehead atoms. The molecule has 2 nitrogen and oxygen atoms in total. The summed E-state index contributed by atoms with van der Waals surface area (Å²) in [6.45, 7) is 7.12. The van der Waals surface area contributed by atoms with E-state index in [1.807, 2.05) is 18.2 Å². The average molecular weight is 240 g/mol. The van der Waals surface area contributed by atoms with Crippen molar-refractivity contribution in [1.82, 2.24) is 4.90 Å². The van der Waals surface area contributed by atoms with E-state index in [-0.39, 0.29) is 0 Å². The summed E-state index contributed by atoms with van der Waals surface area (Å²) in [6.07, 6.45) is 0.623. The molecule has 1 heterocycles. The molecule has 0 unspecified atom stereocenters. The van der Waals surface area contributed by atoms with Crippen molar-refractivity contribution in [3.8, 4) is 0 Å². The van der Waals surface area contributed by atoms with Crippen molar-refractivity contribution in [3.63, 3.8) is 0 Å². The third-order valence-corrected chi connectivity index (χ3v) is 3.22. The molecule has 1 fully saturated rings. The Morgan fingerprint density at radius 2 is 1.88 bits per heavy atom. The van der Waals surface area contributed by atoms with E-state index in [4.69, 9.17) is 16.3 Å². The first-order chi connectivity index (χ1) is 7.65. The minimum absolute atomic E-state index is 0.311. The summed E-state index contributed by atoms with van der Waals surface area (Å²) in [4.78, 5) is 2.40. The highest BCUT2D eigenvalue weighted by Crippen LogP contribution is 2.19. The van der Waals surface area contributed by atoms with Crippen molar-refractivity contribution >= 4 is 11.6 Å². The molecule has 16 heavy (non-hydrogen) atoms. The fraction of sp³-hybridized carbons (Fsp3) is 0.538. The Bertz CT molecular complexity index is 346. The molecule has 1 aromatic carbocycles. The predicted molar refractivity (Wildman–Crippen MR) is 66.7 cm³/mol. The van der Waals surface area contributed by atoms with E-state index >= 15 is 0 Å². The summed E-state index contributed by atoms with van der Waals surface area (Å²) in [6, 6.07) is 8.04. The molecule has 1 saturated heterocycles. The van der Waals surface area contributed by atoms with Crippen LogP contribution < -0.4 is 0 Å². The summed E-state index contributed by atoms with van der Waals surface area (Å²) in [7, 11) is 0. The van der Waals surface area contributed by atoms with E-state index in [2.05, 4.69) is 24.8 Å². The normalized spacial score (nSPS) is 26.9. The second kappa shape index (κ2) is 5.17. The van der Waals surface area contributed by atoms with Gasteiger partial charge in [-0.15, -0.1) is 0 Å². The predicted octanol–water partition coefficient (Wildman–Crippen LogP) is 2.95. The van der Waals surface area contributed by atoms with Crippen LogP contribution in [0.1, 0.15) is 19.4 Å². The van der Waals surface area contributed by atoms with Crippen LogP contribution in [0.3, 0.4) is 0 Å². The Kier molecular flexibility index (Phi) is 3.85. The number of ether oxygens (including phenoxy) is 1. The van der Waals surface area contributed by atoms with E-state index in [0.717, 1.165) is 24.7 Å². The maximum absolute atomic E-state index is 6.16. The summed E-state index contributed by atoms with van der Waals surface area (Å²) in [5.74, 6) is 0. The zero-order valence-corrected chi connectivity index (χ0v) is 10.6. The van der Waals surface area contributed by atoms with Gasteiger partial charge in [0.1, 0.15) is 0 Å². The summed E-state index contributed by atoms with van der Waals surface area (Å²) in [5, 5.41) is 0.856. The second-order valence-corrected chi connectivity index (χ2v) is 4.95. The van der Waals surface area contributed by atoms with Gasteiger partial charge in [0.2, 0.25) is 0 Å². The van der Waals surface area contributed by atoms with Crippen LogP contribution in [0.25, 0.3) is 0 Å². The van der Waals surface area contributed by atoms with E-state index < -0.39 is 0 Å². The van der Waals surface area contributed by atoms with E-state index in [1.165, 1.54) is 5.56 Å². The van der Waals surface area contributed by atoms with Gasteiger partial charge in [-0.25, -0.2) is 0 Å². The van der Waals surface area contributed by atoms with Gasteiger partial charge in [0.15, 0.2) is 0 Å². The largest absolute Gasteiger partial charge is 0.373 e. The van der Waals surface area contributed by atoms with Crippen LogP contribution in [-0.4, -0.2) is 30.2 Å². The first kappa shape index (κ1) is 11.9. The van der Waals surface area contributed by atoms with Gasteiger partial charge in [0, 0.05) is 24.7 Å². The van der Waals surface area contributed by atoms with E-state index in [9.17, 15) is 0 Å². The highest BCUT2D eigenvalue weighted by atomic mass is 35.5. The van der Waals surface area contributed by atoms with Gasteiger partial charge >= 0.3 is 0 Å². The number of morpholine rings is 1. The van der Waals surface area contributed by atoms with Gasteiger partial charge in [-0.1, -0.05) is 29.8 Å². The third kappa shape index (κ3) is 2.97. The number of nitrogens with zero attached hydrogens (tertiary/aromatic N) is 1. The molecule has 3 heteroatoms. The molecule has 1 aliphatic rings. The standard InChI is InChI=1S/C13H18ClNO/c1-10-7-15(8-11(2)16-10)9-12-5-3-4-6-13(12)14/h3-6,10-11H,7-9H2,1-2H3/t10-,11-/m0/s1. The molecule has 0 amide bonds. The maximum Gasteiger partial charge on any atom is 0.0678 e. The quantitative estimate of drug-likeness (QED) is 0.787. The summed E-state index contributed by atoms with van der Waals surface area (Å²) < 4.78 is 5.71. The zero-order valence-electron chi connectivity index (χ0n) is 9.82. The molecule has 0 spiro atoms. The van der Waals surface area contributed by atoms with Crippen molar-refractivity contribution < 1.29 is 4.74 Å². The molecule has 0 N–H and O–H groups in total. The van der Waals surface area contributed by atoms with Gasteiger partial charge in [-0.3, -0.25) is 4.90 Å². The molecule has 0 saturated carbocycles. The molecule has 1 aromatic rings. The lowest BCUT2D eigenvalue weighted by Gasteiger charge is -2.35. The average Bonchev–Trinajstić information content (AvgIpc) is 2.20. The van der Waals surface area contributed by atoms with Crippen molar-refractivity contribution in [2.45, 2.75) is 32.6 Å². The van der Waals surface area contributed by atoms with Crippen LogP contribution in [0.15, 0.2) is 24.3 Å². The smallest absolute Gasteiger partial charge is 0.0678 e. The first-order valence-corrected chi connectivity index (χ1v) is 6.14. The van der Waals surface area contributed by atoms with Gasteiger partial charge in [-0.2, -0.15) is 0 Å². The topological polar surface area (TPSA) is 12.5 Å². The van der Waals surface area contributed by atoms with Crippen LogP contribution in [0.5, 0.6) is 0 Å². The fourth-order valence-corrected chi connectivity index (χ4v) is 2.48. The van der Waals surface area contributed by atoms with Crippen molar-refractivity contribution in [1.29, 1.82) is 0 Å². The van der Waals surface area contributed by atoms with Gasteiger partial charge in [0.05, 0.1) is 12.2 Å². The highest BCUT2D eigenvalue weighted by molar-refractivity contribution is 6.31. The van der Waals surface area contributed by atoms with Crippen molar-refractivity contribution in [2.75, 3.05) is 13.1 Å². The van der Waals surface area contributed by atoms with Crippen LogP contribution in [0, 0.1) is 0 Å². The van der Waals surface area contributed by atoms with Crippen LogP contribution in [-0.2, 0) is 11.3 Å². The number of hydrogen-bond acceptors (Lipinski definition) is 2. The molecule has 0 aliphatic carbocycles. The number of benzene rings is 1. The lowest BCUT2D eigenvalue weighted by molar-refractivity contribution is -0.0704. The Balaban J connectivity index is 2.02. The molecular formula is C13H18ClNO. The molecule has 1 aliphatic heterocycles. The Hall–Kier alpha value is -0.570. The molecule has 2 rings (SSSR count). The Morgan fingerprint density at radius 3 is 2.50 bits per heavy atom. The summed E-state index contributed by atoms with van der Waals surface area (Å²) in [5.41, 5.74) is 1.20. The molecule has 88 valence electrons. The maximum atomic E-state index is 6.16. The number of rotatable bonds is 2. The molecule has 0 radical (unpaired) electrons. The lowest BCUT2D eigenvalue weighted by Crippen LogP contribution is -2.44. The minimum atomic E-state index is 0.311. The van der Waals surface area contributed by atoms with Crippen molar-refractivity contribution in [2.24, 2.45) is 0 Å². The number of hydrogen-bond donors (Lipinski definition) is 0.